The van der Waals surface area contributed by atoms with Crippen molar-refractivity contribution in [3.05, 3.63) is 30.1 Å². The van der Waals surface area contributed by atoms with E-state index in [0.29, 0.717) is 11.8 Å². The average molecular weight is 422 g/mol. The van der Waals surface area contributed by atoms with Gasteiger partial charge in [-0.2, -0.15) is 0 Å². The molecule has 1 aromatic carbocycles. The van der Waals surface area contributed by atoms with E-state index in [-0.39, 0.29) is 11.7 Å². The molecule has 150 valence electrons. The fraction of sp³-hybridized carbons (Fsp3) is 0.526. The van der Waals surface area contributed by atoms with Gasteiger partial charge in [0.2, 0.25) is 11.0 Å². The normalized spacial score (nSPS) is 17.9. The number of hydrogen-bond acceptors (Lipinski definition) is 7. The summed E-state index contributed by atoms with van der Waals surface area (Å²) in [7, 11) is 0. The first-order valence-electron chi connectivity index (χ1n) is 9.68. The van der Waals surface area contributed by atoms with Crippen LogP contribution in [0.15, 0.2) is 28.6 Å². The van der Waals surface area contributed by atoms with E-state index in [1.165, 1.54) is 36.7 Å². The van der Waals surface area contributed by atoms with Crippen molar-refractivity contribution in [3.8, 4) is 0 Å². The lowest BCUT2D eigenvalue weighted by Gasteiger charge is -2.35. The number of carbonyl (C=O) groups excluding carboxylic acids is 1. The average Bonchev–Trinajstić information content (AvgIpc) is 3.39. The minimum absolute atomic E-state index is 0.0848. The van der Waals surface area contributed by atoms with E-state index in [4.69, 9.17) is 0 Å². The molecule has 2 aliphatic rings. The van der Waals surface area contributed by atoms with Crippen LogP contribution < -0.4 is 15.1 Å². The molecule has 1 saturated heterocycles. The van der Waals surface area contributed by atoms with Crippen LogP contribution >= 0.6 is 23.1 Å². The Kier molecular flexibility index (Phi) is 6.31. The highest BCUT2D eigenvalue weighted by Gasteiger charge is 2.21. The maximum absolute atomic E-state index is 13.1. The molecule has 0 radical (unpaired) electrons. The summed E-state index contributed by atoms with van der Waals surface area (Å²) in [6.45, 7) is 3.41. The van der Waals surface area contributed by atoms with Gasteiger partial charge in [-0.25, -0.2) is 4.39 Å². The number of piperazine rings is 1. The number of amides is 1. The number of anilines is 2. The van der Waals surface area contributed by atoms with Gasteiger partial charge in [0.25, 0.3) is 0 Å². The first-order chi connectivity index (χ1) is 13.7. The molecule has 1 saturated carbocycles. The molecule has 9 heteroatoms. The van der Waals surface area contributed by atoms with E-state index in [2.05, 4.69) is 25.3 Å². The quantitative estimate of drug-likeness (QED) is 0.723. The molecule has 0 unspecified atom stereocenters. The lowest BCUT2D eigenvalue weighted by molar-refractivity contribution is -0.119. The Bertz CT molecular complexity index is 786. The second-order valence-electron chi connectivity index (χ2n) is 7.14. The van der Waals surface area contributed by atoms with Crippen LogP contribution in [-0.2, 0) is 4.79 Å². The molecule has 1 aliphatic carbocycles. The van der Waals surface area contributed by atoms with Crippen molar-refractivity contribution in [1.82, 2.24) is 15.5 Å². The molecule has 28 heavy (non-hydrogen) atoms. The van der Waals surface area contributed by atoms with Gasteiger partial charge in [-0.1, -0.05) is 35.9 Å². The Balaban J connectivity index is 1.24. The molecule has 0 atom stereocenters. The van der Waals surface area contributed by atoms with Gasteiger partial charge in [-0.3, -0.25) is 4.79 Å². The zero-order valence-corrected chi connectivity index (χ0v) is 17.3. The number of hydrogen-bond donors (Lipinski definition) is 1. The summed E-state index contributed by atoms with van der Waals surface area (Å²) < 4.78 is 13.9. The summed E-state index contributed by atoms with van der Waals surface area (Å²) in [5.74, 6) is 0.267. The maximum atomic E-state index is 13.1. The number of carbonyl (C=O) groups is 1. The van der Waals surface area contributed by atoms with Crippen molar-refractivity contribution in [2.75, 3.05) is 41.7 Å². The van der Waals surface area contributed by atoms with Gasteiger partial charge in [0.15, 0.2) is 4.34 Å². The molecule has 1 aromatic heterocycles. The van der Waals surface area contributed by atoms with Crippen LogP contribution in [0, 0.1) is 5.82 Å². The molecule has 2 fully saturated rings. The lowest BCUT2D eigenvalue weighted by Crippen LogP contribution is -2.46. The van der Waals surface area contributed by atoms with E-state index < -0.39 is 0 Å². The standard InChI is InChI=1S/C19H24FN5OS2/c20-14-5-7-16(8-6-14)24-9-11-25(12-10-24)18-22-23-19(28-18)27-13-17(26)21-15-3-1-2-4-15/h5-8,15H,1-4,9-13H2,(H,21,26). The van der Waals surface area contributed by atoms with Crippen LogP contribution in [0.4, 0.5) is 15.2 Å². The fourth-order valence-corrected chi connectivity index (χ4v) is 5.37. The van der Waals surface area contributed by atoms with Crippen LogP contribution in [-0.4, -0.2) is 54.1 Å². The molecular weight excluding hydrogens is 397 g/mol. The van der Waals surface area contributed by atoms with E-state index in [1.807, 2.05) is 12.1 Å². The Morgan fingerprint density at radius 1 is 1.11 bits per heavy atom. The third kappa shape index (κ3) is 4.94. The Morgan fingerprint density at radius 3 is 2.50 bits per heavy atom. The Morgan fingerprint density at radius 2 is 1.79 bits per heavy atom. The van der Waals surface area contributed by atoms with Gasteiger partial charge in [-0.15, -0.1) is 10.2 Å². The van der Waals surface area contributed by atoms with E-state index in [1.54, 1.807) is 11.3 Å². The summed E-state index contributed by atoms with van der Waals surface area (Å²) in [6.07, 6.45) is 4.63. The predicted octanol–water partition coefficient (Wildman–Crippen LogP) is 3.15. The van der Waals surface area contributed by atoms with Gasteiger partial charge in [0.1, 0.15) is 5.82 Å². The fourth-order valence-electron chi connectivity index (χ4n) is 3.66. The van der Waals surface area contributed by atoms with Gasteiger partial charge in [-0.05, 0) is 37.1 Å². The van der Waals surface area contributed by atoms with E-state index in [9.17, 15) is 9.18 Å². The number of aromatic nitrogens is 2. The molecule has 1 N–H and O–H groups in total. The number of rotatable bonds is 6. The van der Waals surface area contributed by atoms with Crippen molar-refractivity contribution in [3.63, 3.8) is 0 Å². The van der Waals surface area contributed by atoms with Crippen molar-refractivity contribution in [2.24, 2.45) is 0 Å². The van der Waals surface area contributed by atoms with E-state index in [0.717, 1.165) is 54.2 Å². The minimum atomic E-state index is -0.210. The summed E-state index contributed by atoms with van der Waals surface area (Å²) in [6, 6.07) is 7.00. The van der Waals surface area contributed by atoms with Crippen molar-refractivity contribution in [1.29, 1.82) is 0 Å². The smallest absolute Gasteiger partial charge is 0.230 e. The number of benzene rings is 1. The number of nitrogens with one attached hydrogen (secondary N) is 1. The molecule has 1 amide bonds. The Hall–Kier alpha value is -1.87. The summed E-state index contributed by atoms with van der Waals surface area (Å²) in [4.78, 5) is 16.5. The highest BCUT2D eigenvalue weighted by Crippen LogP contribution is 2.29. The van der Waals surface area contributed by atoms with Crippen LogP contribution in [0.5, 0.6) is 0 Å². The molecule has 0 bridgehead atoms. The molecule has 6 nitrogen and oxygen atoms in total. The first kappa shape index (κ1) is 19.4. The third-order valence-corrected chi connectivity index (χ3v) is 7.30. The first-order valence-corrected chi connectivity index (χ1v) is 11.5. The summed E-state index contributed by atoms with van der Waals surface area (Å²) in [5.41, 5.74) is 1.04. The third-order valence-electron chi connectivity index (χ3n) is 5.18. The second kappa shape index (κ2) is 9.09. The molecule has 2 heterocycles. The molecule has 2 aromatic rings. The largest absolute Gasteiger partial charge is 0.368 e. The summed E-state index contributed by atoms with van der Waals surface area (Å²) >= 11 is 3.00. The van der Waals surface area contributed by atoms with Crippen molar-refractivity contribution >= 4 is 39.8 Å². The molecular formula is C19H24FN5OS2. The lowest BCUT2D eigenvalue weighted by atomic mass is 10.2. The topological polar surface area (TPSA) is 61.4 Å². The van der Waals surface area contributed by atoms with Gasteiger partial charge >= 0.3 is 0 Å². The van der Waals surface area contributed by atoms with Gasteiger partial charge in [0, 0.05) is 37.9 Å². The molecule has 1 aliphatic heterocycles. The zero-order valence-electron chi connectivity index (χ0n) is 15.6. The highest BCUT2D eigenvalue weighted by molar-refractivity contribution is 8.01. The SMILES string of the molecule is O=C(CSc1nnc(N2CCN(c3ccc(F)cc3)CC2)s1)NC1CCCC1. The number of halogens is 1. The van der Waals surface area contributed by atoms with Crippen LogP contribution in [0.3, 0.4) is 0 Å². The van der Waals surface area contributed by atoms with Crippen molar-refractivity contribution < 1.29 is 9.18 Å². The van der Waals surface area contributed by atoms with Crippen LogP contribution in [0.1, 0.15) is 25.7 Å². The maximum Gasteiger partial charge on any atom is 0.230 e. The minimum Gasteiger partial charge on any atom is -0.368 e. The molecule has 4 rings (SSSR count). The highest BCUT2D eigenvalue weighted by atomic mass is 32.2. The van der Waals surface area contributed by atoms with E-state index >= 15 is 0 Å². The van der Waals surface area contributed by atoms with Gasteiger partial charge < -0.3 is 15.1 Å². The summed E-state index contributed by atoms with van der Waals surface area (Å²) in [5, 5.41) is 12.5. The second-order valence-corrected chi connectivity index (χ2v) is 9.32. The van der Waals surface area contributed by atoms with Crippen molar-refractivity contribution in [2.45, 2.75) is 36.1 Å². The van der Waals surface area contributed by atoms with Crippen LogP contribution in [0.2, 0.25) is 0 Å². The predicted molar refractivity (Wildman–Crippen MR) is 112 cm³/mol. The monoisotopic (exact) mass is 421 g/mol. The number of nitrogens with zero attached hydrogens (tertiary/aromatic N) is 4. The number of thioether (sulfide) groups is 1. The molecule has 0 spiro atoms. The van der Waals surface area contributed by atoms with Gasteiger partial charge in [0.05, 0.1) is 5.75 Å². The van der Waals surface area contributed by atoms with Crippen LogP contribution in [0.25, 0.3) is 0 Å². The zero-order chi connectivity index (χ0) is 19.3. The Labute approximate surface area is 172 Å².